The monoisotopic (exact) mass is 315 g/mol. The highest BCUT2D eigenvalue weighted by Gasteiger charge is 2.20. The van der Waals surface area contributed by atoms with E-state index in [-0.39, 0.29) is 18.0 Å². The molecule has 1 aromatic carbocycles. The molecule has 1 heterocycles. The number of ether oxygens (including phenoxy) is 1. The maximum Gasteiger partial charge on any atom is 0.344 e. The standard InChI is InChI=1S/C16H17N3O4/c1-3-23-16(22)13-9(2)19(8-12(20)14(13)21)11-6-4-10(5-7-11)15(17)18/h4-8,20H,3H2,1-2H3,(H3,17,18). The van der Waals surface area contributed by atoms with E-state index in [9.17, 15) is 14.7 Å². The number of aromatic nitrogens is 1. The van der Waals surface area contributed by atoms with Gasteiger partial charge in [-0.3, -0.25) is 10.2 Å². The van der Waals surface area contributed by atoms with Crippen LogP contribution >= 0.6 is 0 Å². The van der Waals surface area contributed by atoms with Crippen LogP contribution < -0.4 is 11.2 Å². The zero-order valence-electron chi connectivity index (χ0n) is 12.8. The Balaban J connectivity index is 2.61. The molecule has 0 fully saturated rings. The summed E-state index contributed by atoms with van der Waals surface area (Å²) in [4.78, 5) is 24.0. The van der Waals surface area contributed by atoms with E-state index in [0.717, 1.165) is 0 Å². The van der Waals surface area contributed by atoms with Crippen molar-refractivity contribution < 1.29 is 14.6 Å². The van der Waals surface area contributed by atoms with E-state index in [1.54, 1.807) is 38.1 Å². The van der Waals surface area contributed by atoms with Crippen molar-refractivity contribution in [3.8, 4) is 11.4 Å². The molecule has 0 amide bonds. The first-order valence-electron chi connectivity index (χ1n) is 6.94. The molecule has 120 valence electrons. The number of hydrogen-bond acceptors (Lipinski definition) is 5. The average Bonchev–Trinajstić information content (AvgIpc) is 2.51. The minimum Gasteiger partial charge on any atom is -0.503 e. The second kappa shape index (κ2) is 6.35. The number of esters is 1. The van der Waals surface area contributed by atoms with Gasteiger partial charge in [0.1, 0.15) is 11.4 Å². The van der Waals surface area contributed by atoms with Crippen LogP contribution in [-0.4, -0.2) is 28.1 Å². The summed E-state index contributed by atoms with van der Waals surface area (Å²) in [7, 11) is 0. The molecule has 23 heavy (non-hydrogen) atoms. The van der Waals surface area contributed by atoms with Crippen molar-refractivity contribution in [3.05, 3.63) is 57.5 Å². The van der Waals surface area contributed by atoms with Crippen molar-refractivity contribution in [1.82, 2.24) is 4.57 Å². The molecule has 0 saturated carbocycles. The Labute approximate surface area is 132 Å². The minimum atomic E-state index is -0.778. The van der Waals surface area contributed by atoms with Crippen molar-refractivity contribution in [2.45, 2.75) is 13.8 Å². The number of aromatic hydroxyl groups is 1. The summed E-state index contributed by atoms with van der Waals surface area (Å²) in [5.74, 6) is -1.39. The van der Waals surface area contributed by atoms with E-state index in [1.807, 2.05) is 0 Å². The molecule has 0 aliphatic heterocycles. The average molecular weight is 315 g/mol. The molecule has 1 aromatic heterocycles. The zero-order valence-corrected chi connectivity index (χ0v) is 12.8. The van der Waals surface area contributed by atoms with Gasteiger partial charge in [0.05, 0.1) is 12.8 Å². The van der Waals surface area contributed by atoms with Gasteiger partial charge in [-0.2, -0.15) is 0 Å². The largest absolute Gasteiger partial charge is 0.503 e. The van der Waals surface area contributed by atoms with Crippen molar-refractivity contribution in [3.63, 3.8) is 0 Å². The number of nitrogens with one attached hydrogen (secondary N) is 1. The first-order valence-corrected chi connectivity index (χ1v) is 6.94. The van der Waals surface area contributed by atoms with Crippen molar-refractivity contribution in [2.24, 2.45) is 5.73 Å². The van der Waals surface area contributed by atoms with Gasteiger partial charge >= 0.3 is 5.97 Å². The molecule has 0 aliphatic carbocycles. The molecular formula is C16H17N3O4. The number of hydrogen-bond donors (Lipinski definition) is 3. The molecule has 0 unspecified atom stereocenters. The fraction of sp³-hybridized carbons (Fsp3) is 0.188. The lowest BCUT2D eigenvalue weighted by Crippen LogP contribution is -2.22. The highest BCUT2D eigenvalue weighted by molar-refractivity contribution is 5.95. The van der Waals surface area contributed by atoms with Crippen molar-refractivity contribution in [2.75, 3.05) is 6.61 Å². The van der Waals surface area contributed by atoms with Gasteiger partial charge in [0, 0.05) is 16.9 Å². The van der Waals surface area contributed by atoms with E-state index >= 15 is 0 Å². The van der Waals surface area contributed by atoms with Crippen LogP contribution in [0.15, 0.2) is 35.3 Å². The molecule has 0 radical (unpaired) electrons. The number of nitrogen functional groups attached to an aromatic ring is 1. The number of nitrogens with zero attached hydrogens (tertiary/aromatic N) is 1. The van der Waals surface area contributed by atoms with Gasteiger partial charge in [-0.25, -0.2) is 4.79 Å². The Bertz CT molecular complexity index is 822. The highest BCUT2D eigenvalue weighted by Crippen LogP contribution is 2.18. The van der Waals surface area contributed by atoms with Gasteiger partial charge in [-0.05, 0) is 38.1 Å². The molecule has 2 aromatic rings. The summed E-state index contributed by atoms with van der Waals surface area (Å²) in [5, 5.41) is 17.2. The van der Waals surface area contributed by atoms with Gasteiger partial charge in [-0.15, -0.1) is 0 Å². The number of amidine groups is 1. The molecule has 0 bridgehead atoms. The summed E-state index contributed by atoms with van der Waals surface area (Å²) in [5.41, 5.74) is 5.93. The molecule has 7 nitrogen and oxygen atoms in total. The molecule has 7 heteroatoms. The second-order valence-electron chi connectivity index (χ2n) is 4.85. The van der Waals surface area contributed by atoms with Crippen molar-refractivity contribution in [1.29, 1.82) is 5.41 Å². The van der Waals surface area contributed by atoms with E-state index in [2.05, 4.69) is 0 Å². The molecular weight excluding hydrogens is 298 g/mol. The predicted octanol–water partition coefficient (Wildman–Crippen LogP) is 1.31. The van der Waals surface area contributed by atoms with Crippen LogP contribution in [0.5, 0.6) is 5.75 Å². The Hall–Kier alpha value is -3.09. The lowest BCUT2D eigenvalue weighted by Gasteiger charge is -2.15. The Morgan fingerprint density at radius 3 is 2.48 bits per heavy atom. The van der Waals surface area contributed by atoms with Crippen LogP contribution in [0.25, 0.3) is 5.69 Å². The highest BCUT2D eigenvalue weighted by atomic mass is 16.5. The van der Waals surface area contributed by atoms with E-state index in [0.29, 0.717) is 16.9 Å². The zero-order chi connectivity index (χ0) is 17.1. The number of rotatable bonds is 4. The van der Waals surface area contributed by atoms with Crippen LogP contribution in [0.3, 0.4) is 0 Å². The lowest BCUT2D eigenvalue weighted by molar-refractivity contribution is 0.0522. The fourth-order valence-electron chi connectivity index (χ4n) is 2.20. The molecule has 0 aliphatic rings. The normalized spacial score (nSPS) is 10.3. The molecule has 0 saturated heterocycles. The Morgan fingerprint density at radius 2 is 1.96 bits per heavy atom. The molecule has 0 spiro atoms. The van der Waals surface area contributed by atoms with Gasteiger partial charge in [0.2, 0.25) is 5.43 Å². The maximum absolute atomic E-state index is 12.0. The Kier molecular flexibility index (Phi) is 4.49. The van der Waals surface area contributed by atoms with E-state index in [4.69, 9.17) is 15.9 Å². The third-order valence-corrected chi connectivity index (χ3v) is 3.37. The van der Waals surface area contributed by atoms with E-state index < -0.39 is 17.1 Å². The van der Waals surface area contributed by atoms with Crippen LogP contribution in [0.4, 0.5) is 0 Å². The van der Waals surface area contributed by atoms with Gasteiger partial charge in [0.25, 0.3) is 0 Å². The van der Waals surface area contributed by atoms with Crippen LogP contribution in [0, 0.1) is 12.3 Å². The fourth-order valence-corrected chi connectivity index (χ4v) is 2.20. The number of carbonyl (C=O) groups is 1. The first kappa shape index (κ1) is 16.3. The predicted molar refractivity (Wildman–Crippen MR) is 85.4 cm³/mol. The summed E-state index contributed by atoms with van der Waals surface area (Å²) >= 11 is 0. The number of benzene rings is 1. The first-order chi connectivity index (χ1) is 10.9. The van der Waals surface area contributed by atoms with E-state index in [1.165, 1.54) is 10.8 Å². The number of carbonyl (C=O) groups excluding carboxylic acids is 1. The van der Waals surface area contributed by atoms with Crippen LogP contribution in [-0.2, 0) is 4.74 Å². The summed E-state index contributed by atoms with van der Waals surface area (Å²) < 4.78 is 6.38. The minimum absolute atomic E-state index is 0.0664. The molecule has 4 N–H and O–H groups in total. The second-order valence-corrected chi connectivity index (χ2v) is 4.85. The third-order valence-electron chi connectivity index (χ3n) is 3.37. The summed E-state index contributed by atoms with van der Waals surface area (Å²) in [6, 6.07) is 6.61. The molecule has 2 rings (SSSR count). The molecule has 0 atom stereocenters. The smallest absolute Gasteiger partial charge is 0.344 e. The number of pyridine rings is 1. The topological polar surface area (TPSA) is 118 Å². The van der Waals surface area contributed by atoms with Crippen LogP contribution in [0.2, 0.25) is 0 Å². The Morgan fingerprint density at radius 1 is 1.35 bits per heavy atom. The lowest BCUT2D eigenvalue weighted by atomic mass is 10.1. The SMILES string of the molecule is CCOC(=O)c1c(C)n(-c2ccc(C(=N)N)cc2)cc(O)c1=O. The van der Waals surface area contributed by atoms with Gasteiger partial charge in [0.15, 0.2) is 5.75 Å². The van der Waals surface area contributed by atoms with Crippen LogP contribution in [0.1, 0.15) is 28.5 Å². The van der Waals surface area contributed by atoms with Crippen molar-refractivity contribution >= 4 is 11.8 Å². The quantitative estimate of drug-likeness (QED) is 0.446. The number of nitrogens with two attached hydrogens (primary N) is 1. The maximum atomic E-state index is 12.0. The summed E-state index contributed by atoms with van der Waals surface area (Å²) in [6.45, 7) is 3.35. The third kappa shape index (κ3) is 3.08. The summed E-state index contributed by atoms with van der Waals surface area (Å²) in [6.07, 6.45) is 1.24. The van der Waals surface area contributed by atoms with Gasteiger partial charge in [-0.1, -0.05) is 0 Å². The van der Waals surface area contributed by atoms with Gasteiger partial charge < -0.3 is 20.1 Å².